The van der Waals surface area contributed by atoms with Gasteiger partial charge in [-0.1, -0.05) is 0 Å². The summed E-state index contributed by atoms with van der Waals surface area (Å²) in [6, 6.07) is 2.08. The predicted molar refractivity (Wildman–Crippen MR) is 78.9 cm³/mol. The molecule has 0 bridgehead atoms. The van der Waals surface area contributed by atoms with Gasteiger partial charge in [0.1, 0.15) is 0 Å². The molecule has 0 aromatic heterocycles. The van der Waals surface area contributed by atoms with Crippen LogP contribution in [-0.2, 0) is 16.5 Å². The van der Waals surface area contributed by atoms with Crippen LogP contribution in [0, 0.1) is 3.57 Å². The van der Waals surface area contributed by atoms with Gasteiger partial charge in [-0.05, 0) is 0 Å². The Balaban J connectivity index is 2.89. The number of benzene rings is 1. The third kappa shape index (κ3) is 2.98. The number of methoxy groups -OCH3 is 2. The normalized spacial score (nSPS) is 17.9. The Morgan fingerprint density at radius 3 is 2.04 bits per heavy atom. The molecule has 12 heteroatoms. The average Bonchev–Trinajstić information content (AvgIpc) is 2.80. The van der Waals surface area contributed by atoms with Gasteiger partial charge in [-0.25, -0.2) is 0 Å². The van der Waals surface area contributed by atoms with E-state index >= 15 is 0 Å². The van der Waals surface area contributed by atoms with E-state index in [1.807, 2.05) is 0 Å². The molecule has 1 heterocycles. The van der Waals surface area contributed by atoms with Crippen molar-refractivity contribution in [3.63, 3.8) is 0 Å². The SMILES string of the molecule is COc1ccc2c(c1OC)C(C(F)(F)F)(C(F)(F)F)OI2OC(C)=O. The number of rotatable bonds is 3. The Morgan fingerprint density at radius 2 is 1.64 bits per heavy atom. The average molecular weight is 488 g/mol. The number of hydrogen-bond acceptors (Lipinski definition) is 5. The van der Waals surface area contributed by atoms with E-state index in [1.165, 1.54) is 0 Å². The molecule has 0 atom stereocenters. The molecule has 0 radical (unpaired) electrons. The first-order valence-corrected chi connectivity index (χ1v) is 9.22. The van der Waals surface area contributed by atoms with Crippen LogP contribution < -0.4 is 9.47 Å². The molecule has 0 saturated heterocycles. The Labute approximate surface area is 145 Å². The van der Waals surface area contributed by atoms with Crippen molar-refractivity contribution < 1.29 is 46.7 Å². The predicted octanol–water partition coefficient (Wildman–Crippen LogP) is 4.12. The van der Waals surface area contributed by atoms with Crippen LogP contribution in [0.25, 0.3) is 0 Å². The van der Waals surface area contributed by atoms with Gasteiger partial charge in [0.05, 0.1) is 0 Å². The molecule has 0 N–H and O–H groups in total. The van der Waals surface area contributed by atoms with E-state index in [0.29, 0.717) is 0 Å². The second kappa shape index (κ2) is 6.37. The van der Waals surface area contributed by atoms with Gasteiger partial charge in [-0.15, -0.1) is 0 Å². The van der Waals surface area contributed by atoms with Crippen LogP contribution in [0.4, 0.5) is 26.3 Å². The fourth-order valence-electron chi connectivity index (χ4n) is 2.23. The van der Waals surface area contributed by atoms with Crippen molar-refractivity contribution in [3.05, 3.63) is 21.3 Å². The standard InChI is InChI=1S/C13H11F6IO5/c1-6(21)24-20-7-4-5-8(22-2)10(23-3)9(7)11(25-20,12(14,15)16)13(17,18)19/h4-5H,1-3H3. The fraction of sp³-hybridized carbons (Fsp3) is 0.462. The van der Waals surface area contributed by atoms with E-state index in [4.69, 9.17) is 9.47 Å². The molecule has 5 nitrogen and oxygen atoms in total. The van der Waals surface area contributed by atoms with Crippen molar-refractivity contribution in [1.29, 1.82) is 0 Å². The first kappa shape index (κ1) is 19.9. The van der Waals surface area contributed by atoms with Gasteiger partial charge < -0.3 is 0 Å². The number of fused-ring (bicyclic) bond motifs is 1. The van der Waals surface area contributed by atoms with Crippen molar-refractivity contribution in [3.8, 4) is 11.5 Å². The minimum absolute atomic E-state index is 0.344. The summed E-state index contributed by atoms with van der Waals surface area (Å²) in [7, 11) is 1.96. The molecule has 0 saturated carbocycles. The van der Waals surface area contributed by atoms with Crippen LogP contribution in [-0.4, -0.2) is 32.5 Å². The van der Waals surface area contributed by atoms with E-state index in [1.54, 1.807) is 0 Å². The minimum atomic E-state index is -5.88. The molecule has 0 aliphatic carbocycles. The summed E-state index contributed by atoms with van der Waals surface area (Å²) in [6.45, 7) is 0.864. The summed E-state index contributed by atoms with van der Waals surface area (Å²) in [5.74, 6) is -2.17. The Bertz CT molecular complexity index is 673. The van der Waals surface area contributed by atoms with E-state index < -0.39 is 59.5 Å². The Morgan fingerprint density at radius 1 is 1.08 bits per heavy atom. The summed E-state index contributed by atoms with van der Waals surface area (Å²) in [5, 5.41) is 0. The molecule has 1 aliphatic heterocycles. The van der Waals surface area contributed by atoms with Crippen molar-refractivity contribution in [2.45, 2.75) is 24.9 Å². The van der Waals surface area contributed by atoms with Gasteiger partial charge >= 0.3 is 145 Å². The molecule has 1 aromatic rings. The number of carbonyl (C=O) groups is 1. The zero-order chi connectivity index (χ0) is 19.2. The number of hydrogen-bond donors (Lipinski definition) is 0. The van der Waals surface area contributed by atoms with Gasteiger partial charge in [0.2, 0.25) is 0 Å². The first-order valence-electron chi connectivity index (χ1n) is 6.38. The number of alkyl halides is 6. The summed E-state index contributed by atoms with van der Waals surface area (Å²) < 4.78 is 99.7. The van der Waals surface area contributed by atoms with Crippen LogP contribution >= 0.6 is 20.6 Å². The monoisotopic (exact) mass is 488 g/mol. The molecule has 1 aliphatic rings. The molecule has 0 spiro atoms. The molecular weight excluding hydrogens is 477 g/mol. The maximum absolute atomic E-state index is 13.6. The molecular formula is C13H11F6IO5. The molecule has 2 rings (SSSR count). The first-order chi connectivity index (χ1) is 11.4. The number of carbonyl (C=O) groups excluding carboxylic acids is 1. The zero-order valence-electron chi connectivity index (χ0n) is 12.8. The topological polar surface area (TPSA) is 54.0 Å². The summed E-state index contributed by atoms with van der Waals surface area (Å²) >= 11 is -4.07. The summed E-state index contributed by atoms with van der Waals surface area (Å²) in [5.41, 5.74) is -5.96. The van der Waals surface area contributed by atoms with Crippen LogP contribution in [0.3, 0.4) is 0 Å². The van der Waals surface area contributed by atoms with Gasteiger partial charge in [0.25, 0.3) is 0 Å². The van der Waals surface area contributed by atoms with Crippen LogP contribution in [0.5, 0.6) is 11.5 Å². The van der Waals surface area contributed by atoms with Crippen LogP contribution in [0.2, 0.25) is 0 Å². The molecule has 1 aromatic carbocycles. The fourth-order valence-corrected chi connectivity index (χ4v) is 6.22. The van der Waals surface area contributed by atoms with Crippen LogP contribution in [0.1, 0.15) is 12.5 Å². The third-order valence-corrected chi connectivity index (χ3v) is 7.10. The van der Waals surface area contributed by atoms with Gasteiger partial charge in [-0.3, -0.25) is 0 Å². The summed E-state index contributed by atoms with van der Waals surface area (Å²) in [6.07, 6.45) is -11.8. The molecule has 25 heavy (non-hydrogen) atoms. The Kier molecular flexibility index (Phi) is 5.07. The summed E-state index contributed by atoms with van der Waals surface area (Å²) in [4.78, 5) is 11.1. The van der Waals surface area contributed by atoms with Crippen molar-refractivity contribution in [1.82, 2.24) is 0 Å². The van der Waals surface area contributed by atoms with Crippen molar-refractivity contribution >= 4 is 26.6 Å². The third-order valence-electron chi connectivity index (χ3n) is 3.18. The number of ether oxygens (including phenoxy) is 2. The van der Waals surface area contributed by atoms with Crippen molar-refractivity contribution in [2.75, 3.05) is 14.2 Å². The quantitative estimate of drug-likeness (QED) is 0.474. The van der Waals surface area contributed by atoms with E-state index in [0.717, 1.165) is 33.3 Å². The molecule has 0 amide bonds. The zero-order valence-corrected chi connectivity index (χ0v) is 15.0. The second-order valence-electron chi connectivity index (χ2n) is 4.70. The molecule has 142 valence electrons. The molecule has 0 unspecified atom stereocenters. The van der Waals surface area contributed by atoms with Gasteiger partial charge in [0.15, 0.2) is 0 Å². The van der Waals surface area contributed by atoms with E-state index in [2.05, 4.69) is 6.13 Å². The second-order valence-corrected chi connectivity index (χ2v) is 7.98. The van der Waals surface area contributed by atoms with Crippen molar-refractivity contribution in [2.24, 2.45) is 0 Å². The van der Waals surface area contributed by atoms with Gasteiger partial charge in [-0.2, -0.15) is 0 Å². The van der Waals surface area contributed by atoms with E-state index in [-0.39, 0.29) is 5.75 Å². The Hall–Kier alpha value is -1.44. The van der Waals surface area contributed by atoms with Gasteiger partial charge in [0, 0.05) is 0 Å². The number of halogens is 7. The van der Waals surface area contributed by atoms with Crippen LogP contribution in [0.15, 0.2) is 12.1 Å². The molecule has 0 fully saturated rings. The van der Waals surface area contributed by atoms with E-state index in [9.17, 15) is 31.1 Å². The maximum atomic E-state index is 13.6.